The van der Waals surface area contributed by atoms with Crippen LogP contribution in [0.3, 0.4) is 0 Å². The molecule has 142 valence electrons. The average Bonchev–Trinajstić information content (AvgIpc) is 2.55. The number of aromatic hydroxyl groups is 2. The second kappa shape index (κ2) is 8.56. The Labute approximate surface area is 157 Å². The van der Waals surface area contributed by atoms with Crippen LogP contribution in [0.5, 0.6) is 11.5 Å². The van der Waals surface area contributed by atoms with Crippen LogP contribution in [0.25, 0.3) is 0 Å². The zero-order chi connectivity index (χ0) is 19.4. The minimum Gasteiger partial charge on any atom is -0.507 e. The van der Waals surface area contributed by atoms with E-state index in [1.807, 2.05) is 27.7 Å². The molecule has 0 atom stereocenters. The first-order valence-electron chi connectivity index (χ1n) is 9.12. The standard InChI is InChI=1S/C22H32N2O2/c1-15-9-19(10-16(2)21(15)25)13-23(5)7-8-24(6)14-20-11-17(3)22(26)18(4)12-20/h9-12,25-26H,7-8,13-14H2,1-6H3. The molecule has 0 aromatic heterocycles. The molecule has 0 amide bonds. The number of hydrogen-bond donors (Lipinski definition) is 2. The van der Waals surface area contributed by atoms with Gasteiger partial charge in [-0.25, -0.2) is 0 Å². The van der Waals surface area contributed by atoms with Crippen molar-refractivity contribution < 1.29 is 10.2 Å². The largest absolute Gasteiger partial charge is 0.507 e. The van der Waals surface area contributed by atoms with Gasteiger partial charge in [0.05, 0.1) is 0 Å². The highest BCUT2D eigenvalue weighted by Gasteiger charge is 2.09. The molecule has 0 bridgehead atoms. The minimum atomic E-state index is 0.399. The highest BCUT2D eigenvalue weighted by Crippen LogP contribution is 2.24. The Hall–Kier alpha value is -2.04. The van der Waals surface area contributed by atoms with Crippen molar-refractivity contribution in [3.8, 4) is 11.5 Å². The number of phenolic OH excluding ortho intramolecular Hbond substituents is 2. The first kappa shape index (κ1) is 20.3. The normalized spacial score (nSPS) is 11.5. The van der Waals surface area contributed by atoms with Gasteiger partial charge in [0.1, 0.15) is 11.5 Å². The maximum absolute atomic E-state index is 9.90. The van der Waals surface area contributed by atoms with Crippen molar-refractivity contribution in [3.05, 3.63) is 57.6 Å². The van der Waals surface area contributed by atoms with Gasteiger partial charge in [0.25, 0.3) is 0 Å². The summed E-state index contributed by atoms with van der Waals surface area (Å²) in [7, 11) is 4.25. The average molecular weight is 357 g/mol. The summed E-state index contributed by atoms with van der Waals surface area (Å²) >= 11 is 0. The van der Waals surface area contributed by atoms with E-state index in [2.05, 4.69) is 48.2 Å². The van der Waals surface area contributed by atoms with E-state index in [0.29, 0.717) is 11.5 Å². The summed E-state index contributed by atoms with van der Waals surface area (Å²) in [6.07, 6.45) is 0. The number of phenols is 2. The fourth-order valence-electron chi connectivity index (χ4n) is 3.40. The SMILES string of the molecule is Cc1cc(CN(C)CCN(C)Cc2cc(C)c(O)c(C)c2)cc(C)c1O. The summed E-state index contributed by atoms with van der Waals surface area (Å²) in [5.41, 5.74) is 6.19. The molecule has 0 aliphatic heterocycles. The first-order chi connectivity index (χ1) is 12.2. The predicted molar refractivity (Wildman–Crippen MR) is 108 cm³/mol. The molecular weight excluding hydrogens is 324 g/mol. The van der Waals surface area contributed by atoms with Crippen LogP contribution in [0.15, 0.2) is 24.3 Å². The third-order valence-corrected chi connectivity index (χ3v) is 4.87. The maximum Gasteiger partial charge on any atom is 0.121 e. The molecule has 0 saturated carbocycles. The Morgan fingerprint density at radius 2 is 0.885 bits per heavy atom. The minimum absolute atomic E-state index is 0.399. The summed E-state index contributed by atoms with van der Waals surface area (Å²) in [6.45, 7) is 11.4. The van der Waals surface area contributed by atoms with Crippen LogP contribution in [-0.4, -0.2) is 47.2 Å². The number of nitrogens with zero attached hydrogens (tertiary/aromatic N) is 2. The summed E-state index contributed by atoms with van der Waals surface area (Å²) in [6, 6.07) is 8.24. The summed E-state index contributed by atoms with van der Waals surface area (Å²) in [5.74, 6) is 0.797. The third kappa shape index (κ3) is 5.23. The molecular formula is C22H32N2O2. The molecule has 0 spiro atoms. The second-order valence-corrected chi connectivity index (χ2v) is 7.63. The molecule has 26 heavy (non-hydrogen) atoms. The number of hydrogen-bond acceptors (Lipinski definition) is 4. The lowest BCUT2D eigenvalue weighted by Crippen LogP contribution is -2.30. The van der Waals surface area contributed by atoms with E-state index in [-0.39, 0.29) is 0 Å². The molecule has 2 rings (SSSR count). The Morgan fingerprint density at radius 1 is 0.615 bits per heavy atom. The van der Waals surface area contributed by atoms with E-state index >= 15 is 0 Å². The van der Waals surface area contributed by atoms with E-state index in [9.17, 15) is 10.2 Å². The van der Waals surface area contributed by atoms with Gasteiger partial charge in [-0.1, -0.05) is 24.3 Å². The van der Waals surface area contributed by atoms with Gasteiger partial charge in [0, 0.05) is 26.2 Å². The van der Waals surface area contributed by atoms with Crippen LogP contribution in [0.1, 0.15) is 33.4 Å². The van der Waals surface area contributed by atoms with Crippen molar-refractivity contribution in [1.29, 1.82) is 0 Å². The lowest BCUT2D eigenvalue weighted by Gasteiger charge is -2.23. The number of benzene rings is 2. The van der Waals surface area contributed by atoms with Crippen LogP contribution in [-0.2, 0) is 13.1 Å². The van der Waals surface area contributed by atoms with Gasteiger partial charge in [-0.3, -0.25) is 0 Å². The van der Waals surface area contributed by atoms with Gasteiger partial charge in [-0.15, -0.1) is 0 Å². The Balaban J connectivity index is 1.88. The first-order valence-corrected chi connectivity index (χ1v) is 9.12. The van der Waals surface area contributed by atoms with Crippen molar-refractivity contribution in [2.75, 3.05) is 27.2 Å². The van der Waals surface area contributed by atoms with Gasteiger partial charge in [0.2, 0.25) is 0 Å². The lowest BCUT2D eigenvalue weighted by atomic mass is 10.1. The van der Waals surface area contributed by atoms with Gasteiger partial charge in [-0.05, 0) is 75.2 Å². The lowest BCUT2D eigenvalue weighted by molar-refractivity contribution is 0.247. The smallest absolute Gasteiger partial charge is 0.121 e. The quantitative estimate of drug-likeness (QED) is 0.790. The zero-order valence-electron chi connectivity index (χ0n) is 16.9. The van der Waals surface area contributed by atoms with Gasteiger partial charge < -0.3 is 20.0 Å². The van der Waals surface area contributed by atoms with Crippen LogP contribution in [0.2, 0.25) is 0 Å². The molecule has 2 N–H and O–H groups in total. The van der Waals surface area contributed by atoms with Crippen molar-refractivity contribution in [2.24, 2.45) is 0 Å². The highest BCUT2D eigenvalue weighted by atomic mass is 16.3. The van der Waals surface area contributed by atoms with Crippen LogP contribution >= 0.6 is 0 Å². The molecule has 4 nitrogen and oxygen atoms in total. The zero-order valence-corrected chi connectivity index (χ0v) is 16.9. The Morgan fingerprint density at radius 3 is 1.15 bits per heavy atom. The summed E-state index contributed by atoms with van der Waals surface area (Å²) in [4.78, 5) is 4.60. The second-order valence-electron chi connectivity index (χ2n) is 7.63. The van der Waals surface area contributed by atoms with Crippen molar-refractivity contribution in [3.63, 3.8) is 0 Å². The van der Waals surface area contributed by atoms with Crippen LogP contribution in [0, 0.1) is 27.7 Å². The molecule has 0 heterocycles. The molecule has 2 aromatic rings. The Kier molecular flexibility index (Phi) is 6.68. The molecule has 0 saturated heterocycles. The van der Waals surface area contributed by atoms with Gasteiger partial charge >= 0.3 is 0 Å². The predicted octanol–water partition coefficient (Wildman–Crippen LogP) is 3.90. The molecule has 0 aliphatic carbocycles. The fourth-order valence-corrected chi connectivity index (χ4v) is 3.40. The van der Waals surface area contributed by atoms with Crippen LogP contribution in [0.4, 0.5) is 0 Å². The highest BCUT2D eigenvalue weighted by molar-refractivity contribution is 5.42. The van der Waals surface area contributed by atoms with Crippen molar-refractivity contribution in [1.82, 2.24) is 9.80 Å². The summed E-state index contributed by atoms with van der Waals surface area (Å²) < 4.78 is 0. The molecule has 0 unspecified atom stereocenters. The van der Waals surface area contributed by atoms with Gasteiger partial charge in [0.15, 0.2) is 0 Å². The molecule has 4 heteroatoms. The van der Waals surface area contributed by atoms with Crippen molar-refractivity contribution in [2.45, 2.75) is 40.8 Å². The third-order valence-electron chi connectivity index (χ3n) is 4.87. The van der Waals surface area contributed by atoms with Gasteiger partial charge in [-0.2, -0.15) is 0 Å². The number of rotatable bonds is 7. The van der Waals surface area contributed by atoms with Crippen LogP contribution < -0.4 is 0 Å². The molecule has 0 aliphatic rings. The van der Waals surface area contributed by atoms with Crippen molar-refractivity contribution >= 4 is 0 Å². The van der Waals surface area contributed by atoms with E-state index in [0.717, 1.165) is 48.4 Å². The van der Waals surface area contributed by atoms with E-state index in [1.54, 1.807) is 0 Å². The summed E-state index contributed by atoms with van der Waals surface area (Å²) in [5, 5.41) is 19.8. The van der Waals surface area contributed by atoms with E-state index in [1.165, 1.54) is 11.1 Å². The maximum atomic E-state index is 9.90. The monoisotopic (exact) mass is 356 g/mol. The van der Waals surface area contributed by atoms with E-state index < -0.39 is 0 Å². The topological polar surface area (TPSA) is 46.9 Å². The molecule has 0 fully saturated rings. The Bertz CT molecular complexity index is 659. The fraction of sp³-hybridized carbons (Fsp3) is 0.455. The number of likely N-dealkylation sites (N-methyl/N-ethyl adjacent to an activating group) is 2. The molecule has 0 radical (unpaired) electrons. The van der Waals surface area contributed by atoms with E-state index in [4.69, 9.17) is 0 Å². The molecule has 2 aromatic carbocycles. The number of aryl methyl sites for hydroxylation is 4.